The molecule has 5 aliphatic rings. The number of rotatable bonds is 5. The predicted octanol–water partition coefficient (Wildman–Crippen LogP) is 4.86. The molecule has 1 heterocycles. The molecule has 178 valence electrons. The van der Waals surface area contributed by atoms with Gasteiger partial charge in [0, 0.05) is 32.0 Å². The van der Waals surface area contributed by atoms with Gasteiger partial charge in [-0.15, -0.1) is 0 Å². The number of hydrogen-bond donors (Lipinski definition) is 0. The molecule has 0 aromatic rings. The second-order valence-electron chi connectivity index (χ2n) is 11.7. The average molecular weight is 443 g/mol. The molecule has 0 amide bonds. The smallest absolute Gasteiger partial charge is 0.155 e. The highest BCUT2D eigenvalue weighted by molar-refractivity contribution is 5.91. The molecule has 3 saturated carbocycles. The Labute approximate surface area is 194 Å². The molecule has 1 aliphatic heterocycles. The van der Waals surface area contributed by atoms with Gasteiger partial charge in [-0.3, -0.25) is 9.69 Å². The Morgan fingerprint density at radius 2 is 1.94 bits per heavy atom. The molecule has 0 unspecified atom stereocenters. The maximum absolute atomic E-state index is 12.1. The lowest BCUT2D eigenvalue weighted by molar-refractivity contribution is -0.117. The molecule has 0 bridgehead atoms. The molecule has 5 heteroatoms. The Morgan fingerprint density at radius 1 is 1.12 bits per heavy atom. The first-order valence-electron chi connectivity index (χ1n) is 13.1. The molecule has 0 spiro atoms. The first-order chi connectivity index (χ1) is 15.4. The maximum Gasteiger partial charge on any atom is 0.155 e. The van der Waals surface area contributed by atoms with Gasteiger partial charge >= 0.3 is 0 Å². The highest BCUT2D eigenvalue weighted by Crippen LogP contribution is 2.66. The molecular weight excluding hydrogens is 400 g/mol. The van der Waals surface area contributed by atoms with Gasteiger partial charge < -0.3 is 9.57 Å². The van der Waals surface area contributed by atoms with Gasteiger partial charge in [0.1, 0.15) is 6.61 Å². The van der Waals surface area contributed by atoms with E-state index >= 15 is 0 Å². The second-order valence-corrected chi connectivity index (χ2v) is 11.7. The van der Waals surface area contributed by atoms with Crippen molar-refractivity contribution in [2.24, 2.45) is 39.7 Å². The van der Waals surface area contributed by atoms with E-state index in [-0.39, 0.29) is 5.41 Å². The Balaban J connectivity index is 1.23. The molecule has 32 heavy (non-hydrogen) atoms. The number of oxime groups is 1. The number of hydrogen-bond acceptors (Lipinski definition) is 5. The molecule has 0 aromatic carbocycles. The fraction of sp³-hybridized carbons (Fsp3) is 0.852. The van der Waals surface area contributed by atoms with Crippen molar-refractivity contribution < 1.29 is 14.4 Å². The monoisotopic (exact) mass is 442 g/mol. The summed E-state index contributed by atoms with van der Waals surface area (Å²) in [5.41, 5.74) is 3.30. The van der Waals surface area contributed by atoms with Gasteiger partial charge in [-0.2, -0.15) is 0 Å². The van der Waals surface area contributed by atoms with Crippen molar-refractivity contribution in [3.8, 4) is 0 Å². The van der Waals surface area contributed by atoms with Crippen LogP contribution in [0.1, 0.15) is 72.1 Å². The van der Waals surface area contributed by atoms with Crippen molar-refractivity contribution >= 4 is 11.5 Å². The van der Waals surface area contributed by atoms with E-state index in [2.05, 4.69) is 30.8 Å². The minimum absolute atomic E-state index is 0.266. The summed E-state index contributed by atoms with van der Waals surface area (Å²) in [4.78, 5) is 20.3. The molecule has 4 fully saturated rings. The summed E-state index contributed by atoms with van der Waals surface area (Å²) in [5, 5.41) is 4.63. The van der Waals surface area contributed by atoms with E-state index in [0.717, 1.165) is 69.9 Å². The number of ether oxygens (including phenoxy) is 1. The van der Waals surface area contributed by atoms with Crippen molar-refractivity contribution in [2.45, 2.75) is 72.1 Å². The van der Waals surface area contributed by atoms with Gasteiger partial charge in [-0.25, -0.2) is 0 Å². The largest absolute Gasteiger partial charge is 0.394 e. The molecular formula is C27H42N2O3. The third kappa shape index (κ3) is 3.87. The zero-order valence-electron chi connectivity index (χ0n) is 20.4. The normalized spacial score (nSPS) is 42.7. The van der Waals surface area contributed by atoms with Crippen molar-refractivity contribution in [3.05, 3.63) is 11.6 Å². The minimum Gasteiger partial charge on any atom is -0.394 e. The predicted molar refractivity (Wildman–Crippen MR) is 127 cm³/mol. The fourth-order valence-corrected chi connectivity index (χ4v) is 8.45. The number of fused-ring (bicyclic) bond motifs is 5. The summed E-state index contributed by atoms with van der Waals surface area (Å²) in [7, 11) is 0. The summed E-state index contributed by atoms with van der Waals surface area (Å²) >= 11 is 0. The van der Waals surface area contributed by atoms with Gasteiger partial charge in [-0.1, -0.05) is 24.6 Å². The molecule has 5 nitrogen and oxygen atoms in total. The Hall–Kier alpha value is -1.20. The van der Waals surface area contributed by atoms with Gasteiger partial charge in [0.15, 0.2) is 5.78 Å². The van der Waals surface area contributed by atoms with Crippen LogP contribution in [0.5, 0.6) is 0 Å². The van der Waals surface area contributed by atoms with Crippen molar-refractivity contribution in [1.29, 1.82) is 0 Å². The van der Waals surface area contributed by atoms with E-state index in [1.165, 1.54) is 43.4 Å². The number of carbonyl (C=O) groups is 1. The standard InChI is InChI=1S/C27H42N2O3/c1-19(28-32-17-14-29-12-15-31-16-13-29)23-6-7-24-22-5-4-20-18-21(30)8-10-26(20,2)25(22)9-11-27(23,24)3/h18,22-25H,4-17H2,1-3H3/t22-,23+,24-,25-,26-,27+/m0/s1. The Morgan fingerprint density at radius 3 is 2.75 bits per heavy atom. The van der Waals surface area contributed by atoms with Crippen LogP contribution >= 0.6 is 0 Å². The Bertz CT molecular complexity index is 786. The van der Waals surface area contributed by atoms with E-state index in [1.807, 2.05) is 6.08 Å². The van der Waals surface area contributed by atoms with Gasteiger partial charge in [0.2, 0.25) is 0 Å². The average Bonchev–Trinajstić information content (AvgIpc) is 3.15. The number of nitrogens with zero attached hydrogens (tertiary/aromatic N) is 2. The van der Waals surface area contributed by atoms with E-state index in [4.69, 9.17) is 9.57 Å². The quantitative estimate of drug-likeness (QED) is 0.347. The van der Waals surface area contributed by atoms with Crippen molar-refractivity contribution in [1.82, 2.24) is 4.90 Å². The van der Waals surface area contributed by atoms with Crippen LogP contribution in [0.4, 0.5) is 0 Å². The first-order valence-corrected chi connectivity index (χ1v) is 13.1. The van der Waals surface area contributed by atoms with Crippen LogP contribution in [0, 0.1) is 34.5 Å². The highest BCUT2D eigenvalue weighted by Gasteiger charge is 2.59. The minimum atomic E-state index is 0.266. The molecule has 0 radical (unpaired) electrons. The molecule has 1 saturated heterocycles. The molecule has 5 rings (SSSR count). The zero-order chi connectivity index (χ0) is 22.3. The number of ketones is 1. The molecule has 0 aromatic heterocycles. The van der Waals surface area contributed by atoms with Gasteiger partial charge in [-0.05, 0) is 86.5 Å². The summed E-state index contributed by atoms with van der Waals surface area (Å²) in [6.45, 7) is 12.5. The highest BCUT2D eigenvalue weighted by atomic mass is 16.6. The van der Waals surface area contributed by atoms with E-state index in [0.29, 0.717) is 23.7 Å². The van der Waals surface area contributed by atoms with Crippen molar-refractivity contribution in [3.63, 3.8) is 0 Å². The van der Waals surface area contributed by atoms with Crippen LogP contribution < -0.4 is 0 Å². The second kappa shape index (κ2) is 8.87. The van der Waals surface area contributed by atoms with E-state index < -0.39 is 0 Å². The fourth-order valence-electron chi connectivity index (χ4n) is 8.45. The van der Waals surface area contributed by atoms with E-state index in [9.17, 15) is 4.79 Å². The summed E-state index contributed by atoms with van der Waals surface area (Å²) < 4.78 is 5.42. The van der Waals surface area contributed by atoms with Crippen LogP contribution in [0.25, 0.3) is 0 Å². The molecule has 0 N–H and O–H groups in total. The summed E-state index contributed by atoms with van der Waals surface area (Å²) in [6, 6.07) is 0. The van der Waals surface area contributed by atoms with Gasteiger partial charge in [0.25, 0.3) is 0 Å². The lowest BCUT2D eigenvalue weighted by Crippen LogP contribution is -2.51. The molecule has 6 atom stereocenters. The van der Waals surface area contributed by atoms with E-state index in [1.54, 1.807) is 0 Å². The topological polar surface area (TPSA) is 51.1 Å². The first kappa shape index (κ1) is 22.6. The maximum atomic E-state index is 12.1. The van der Waals surface area contributed by atoms with Crippen LogP contribution in [-0.4, -0.2) is 55.8 Å². The van der Waals surface area contributed by atoms with Gasteiger partial charge in [0.05, 0.1) is 18.9 Å². The summed E-state index contributed by atoms with van der Waals surface area (Å²) in [6.07, 6.45) is 11.4. The van der Waals surface area contributed by atoms with Crippen LogP contribution in [0.2, 0.25) is 0 Å². The number of carbonyl (C=O) groups excluding carboxylic acids is 1. The molecule has 4 aliphatic carbocycles. The Kier molecular flexibility index (Phi) is 6.26. The summed E-state index contributed by atoms with van der Waals surface area (Å²) in [5.74, 6) is 3.27. The zero-order valence-corrected chi connectivity index (χ0v) is 20.4. The SMILES string of the molecule is CC(=NOCCN1CCOCC1)[C@H]1CC[C@H]2[C@@H]3CCC4=CC(=O)CC[C@]4(C)[C@H]3CC[C@]12C. The third-order valence-corrected chi connectivity index (χ3v) is 10.3. The number of morpholine rings is 1. The number of allylic oxidation sites excluding steroid dienone is 1. The van der Waals surface area contributed by atoms with Crippen LogP contribution in [0.15, 0.2) is 16.8 Å². The van der Waals surface area contributed by atoms with Crippen LogP contribution in [0.3, 0.4) is 0 Å². The lowest BCUT2D eigenvalue weighted by atomic mass is 9.46. The van der Waals surface area contributed by atoms with Crippen molar-refractivity contribution in [2.75, 3.05) is 39.5 Å². The third-order valence-electron chi connectivity index (χ3n) is 10.3. The lowest BCUT2D eigenvalue weighted by Gasteiger charge is -2.58. The van der Waals surface area contributed by atoms with Crippen LogP contribution in [-0.2, 0) is 14.4 Å².